The summed E-state index contributed by atoms with van der Waals surface area (Å²) in [6.45, 7) is 4.27. The molecule has 1 amide bonds. The molecule has 3 aromatic rings. The van der Waals surface area contributed by atoms with Crippen molar-refractivity contribution >= 4 is 22.6 Å². The molecule has 0 bridgehead atoms. The first-order valence-corrected chi connectivity index (χ1v) is 10.2. The molecule has 1 N–H and O–H groups in total. The van der Waals surface area contributed by atoms with Crippen LogP contribution in [0.4, 0.5) is 5.69 Å². The third-order valence-electron chi connectivity index (χ3n) is 5.04. The quantitative estimate of drug-likeness (QED) is 0.622. The first-order valence-electron chi connectivity index (χ1n) is 10.2. The third-order valence-corrected chi connectivity index (χ3v) is 5.04. The van der Waals surface area contributed by atoms with E-state index in [2.05, 4.69) is 5.32 Å². The number of carbonyl (C=O) groups excluding carboxylic acids is 1. The summed E-state index contributed by atoms with van der Waals surface area (Å²) in [6.07, 6.45) is 1.19. The van der Waals surface area contributed by atoms with Gasteiger partial charge in [-0.2, -0.15) is 0 Å². The van der Waals surface area contributed by atoms with Crippen molar-refractivity contribution in [3.63, 3.8) is 0 Å². The zero-order chi connectivity index (χ0) is 22.7. The largest absolute Gasteiger partial charge is 0.497 e. The Kier molecular flexibility index (Phi) is 6.43. The van der Waals surface area contributed by atoms with E-state index in [-0.39, 0.29) is 23.1 Å². The first kappa shape index (κ1) is 22.1. The van der Waals surface area contributed by atoms with Crippen LogP contribution in [0, 0.1) is 0 Å². The molecular formula is C22H26N4O5. The summed E-state index contributed by atoms with van der Waals surface area (Å²) >= 11 is 0. The second-order valence-electron chi connectivity index (χ2n) is 7.23. The molecule has 3 rings (SSSR count). The van der Waals surface area contributed by atoms with E-state index in [0.29, 0.717) is 30.8 Å². The first-order chi connectivity index (χ1) is 14.8. The van der Waals surface area contributed by atoms with Crippen LogP contribution in [-0.2, 0) is 20.1 Å². The number of benzene rings is 1. The highest BCUT2D eigenvalue weighted by atomic mass is 16.5. The van der Waals surface area contributed by atoms with E-state index in [4.69, 9.17) is 4.74 Å². The Balaban J connectivity index is 2.31. The summed E-state index contributed by atoms with van der Waals surface area (Å²) in [5.41, 5.74) is -1.02. The Bertz CT molecular complexity index is 1320. The Labute approximate surface area is 178 Å². The SMILES string of the molecule is CCCn1c(=O)c2c(C(=O)Nc3cccc(OC)c3)cc(=O)n(CCC)c2n(C)c1=O. The molecule has 0 saturated carbocycles. The van der Waals surface area contributed by atoms with E-state index in [1.54, 1.807) is 24.3 Å². The monoisotopic (exact) mass is 426 g/mol. The smallest absolute Gasteiger partial charge is 0.332 e. The molecule has 0 aliphatic rings. The molecule has 31 heavy (non-hydrogen) atoms. The maximum atomic E-state index is 13.3. The van der Waals surface area contributed by atoms with Gasteiger partial charge < -0.3 is 10.1 Å². The zero-order valence-corrected chi connectivity index (χ0v) is 18.1. The molecule has 9 nitrogen and oxygen atoms in total. The van der Waals surface area contributed by atoms with Crippen LogP contribution in [0.5, 0.6) is 5.75 Å². The number of aryl methyl sites for hydroxylation is 2. The Morgan fingerprint density at radius 1 is 1.03 bits per heavy atom. The highest BCUT2D eigenvalue weighted by Gasteiger charge is 2.22. The van der Waals surface area contributed by atoms with Crippen molar-refractivity contribution in [1.29, 1.82) is 0 Å². The van der Waals surface area contributed by atoms with Crippen molar-refractivity contribution in [2.75, 3.05) is 12.4 Å². The van der Waals surface area contributed by atoms with Gasteiger partial charge in [-0.25, -0.2) is 4.79 Å². The highest BCUT2D eigenvalue weighted by Crippen LogP contribution is 2.19. The lowest BCUT2D eigenvalue weighted by atomic mass is 10.1. The van der Waals surface area contributed by atoms with Crippen molar-refractivity contribution in [3.8, 4) is 5.75 Å². The molecule has 0 saturated heterocycles. The van der Waals surface area contributed by atoms with Crippen LogP contribution in [0.2, 0.25) is 0 Å². The molecule has 0 aliphatic carbocycles. The molecule has 9 heteroatoms. The predicted molar refractivity (Wildman–Crippen MR) is 119 cm³/mol. The number of nitrogens with zero attached hydrogens (tertiary/aromatic N) is 3. The van der Waals surface area contributed by atoms with Crippen LogP contribution in [0.3, 0.4) is 0 Å². The number of carbonyl (C=O) groups is 1. The average molecular weight is 426 g/mol. The maximum Gasteiger partial charge on any atom is 0.332 e. The lowest BCUT2D eigenvalue weighted by molar-refractivity contribution is 0.102. The van der Waals surface area contributed by atoms with E-state index in [9.17, 15) is 19.2 Å². The molecule has 0 atom stereocenters. The number of hydrogen-bond donors (Lipinski definition) is 1. The van der Waals surface area contributed by atoms with Gasteiger partial charge in [0.15, 0.2) is 0 Å². The molecule has 2 heterocycles. The molecule has 2 aromatic heterocycles. The van der Waals surface area contributed by atoms with Crippen molar-refractivity contribution in [2.45, 2.75) is 39.8 Å². The van der Waals surface area contributed by atoms with Crippen LogP contribution in [0.1, 0.15) is 37.0 Å². The van der Waals surface area contributed by atoms with Crippen LogP contribution < -0.4 is 26.9 Å². The van der Waals surface area contributed by atoms with E-state index >= 15 is 0 Å². The number of rotatable bonds is 7. The summed E-state index contributed by atoms with van der Waals surface area (Å²) in [4.78, 5) is 52.0. The number of nitrogens with one attached hydrogen (secondary N) is 1. The molecule has 0 aliphatic heterocycles. The van der Waals surface area contributed by atoms with E-state index in [1.807, 2.05) is 13.8 Å². The molecule has 1 aromatic carbocycles. The van der Waals surface area contributed by atoms with Gasteiger partial charge in [0, 0.05) is 38.0 Å². The third kappa shape index (κ3) is 4.03. The van der Waals surface area contributed by atoms with Crippen molar-refractivity contribution in [1.82, 2.24) is 13.7 Å². The lowest BCUT2D eigenvalue weighted by Crippen LogP contribution is -2.42. The van der Waals surface area contributed by atoms with Crippen LogP contribution in [-0.4, -0.2) is 26.7 Å². The summed E-state index contributed by atoms with van der Waals surface area (Å²) in [7, 11) is 3.02. The fourth-order valence-electron chi connectivity index (χ4n) is 3.63. The van der Waals surface area contributed by atoms with E-state index < -0.39 is 22.7 Å². The Morgan fingerprint density at radius 3 is 2.35 bits per heavy atom. The van der Waals surface area contributed by atoms with Crippen molar-refractivity contribution < 1.29 is 9.53 Å². The van der Waals surface area contributed by atoms with Gasteiger partial charge in [-0.3, -0.25) is 28.1 Å². The standard InChI is InChI=1S/C22H26N4O5/c1-5-10-25-17(27)13-16(19(28)23-14-8-7-9-15(12-14)31-4)18-20(25)24(3)22(30)26(11-6-2)21(18)29/h7-9,12-13H,5-6,10-11H2,1-4H3,(H,23,28). The number of ether oxygens (including phenoxy) is 1. The fourth-order valence-corrected chi connectivity index (χ4v) is 3.63. The normalized spacial score (nSPS) is 11.0. The van der Waals surface area contributed by atoms with Crippen LogP contribution >= 0.6 is 0 Å². The molecule has 0 fully saturated rings. The van der Waals surface area contributed by atoms with Gasteiger partial charge in [-0.15, -0.1) is 0 Å². The summed E-state index contributed by atoms with van der Waals surface area (Å²) in [5, 5.41) is 2.76. The summed E-state index contributed by atoms with van der Waals surface area (Å²) in [5.74, 6) is -0.0634. The second kappa shape index (κ2) is 9.03. The molecule has 0 unspecified atom stereocenters. The maximum absolute atomic E-state index is 13.3. The zero-order valence-electron chi connectivity index (χ0n) is 18.1. The fraction of sp³-hybridized carbons (Fsp3) is 0.364. The second-order valence-corrected chi connectivity index (χ2v) is 7.23. The minimum Gasteiger partial charge on any atom is -0.497 e. The topological polar surface area (TPSA) is 104 Å². The summed E-state index contributed by atoms with van der Waals surface area (Å²) in [6, 6.07) is 7.91. The number of pyridine rings is 1. The predicted octanol–water partition coefficient (Wildman–Crippen LogP) is 1.94. The van der Waals surface area contributed by atoms with Crippen molar-refractivity contribution in [3.05, 3.63) is 67.1 Å². The molecule has 0 spiro atoms. The number of aromatic nitrogens is 3. The van der Waals surface area contributed by atoms with Gasteiger partial charge in [0.05, 0.1) is 18.1 Å². The minimum atomic E-state index is -0.613. The van der Waals surface area contributed by atoms with Gasteiger partial charge in [-0.1, -0.05) is 19.9 Å². The van der Waals surface area contributed by atoms with Gasteiger partial charge in [0.1, 0.15) is 11.4 Å². The average Bonchev–Trinajstić information content (AvgIpc) is 2.76. The van der Waals surface area contributed by atoms with E-state index in [1.165, 1.54) is 23.3 Å². The molecular weight excluding hydrogens is 400 g/mol. The van der Waals surface area contributed by atoms with Crippen LogP contribution in [0.15, 0.2) is 44.7 Å². The number of amides is 1. The van der Waals surface area contributed by atoms with E-state index in [0.717, 1.165) is 10.6 Å². The minimum absolute atomic E-state index is 0.0454. The van der Waals surface area contributed by atoms with Gasteiger partial charge in [-0.05, 0) is 25.0 Å². The Hall–Kier alpha value is -3.62. The number of methoxy groups -OCH3 is 1. The molecule has 0 radical (unpaired) electrons. The van der Waals surface area contributed by atoms with Crippen LogP contribution in [0.25, 0.3) is 11.0 Å². The molecule has 164 valence electrons. The number of hydrogen-bond acceptors (Lipinski definition) is 5. The number of anilines is 1. The number of fused-ring (bicyclic) bond motifs is 1. The van der Waals surface area contributed by atoms with Gasteiger partial charge in [0.2, 0.25) is 0 Å². The Morgan fingerprint density at radius 2 is 1.71 bits per heavy atom. The lowest BCUT2D eigenvalue weighted by Gasteiger charge is -2.17. The van der Waals surface area contributed by atoms with Crippen molar-refractivity contribution in [2.24, 2.45) is 7.05 Å². The summed E-state index contributed by atoms with van der Waals surface area (Å²) < 4.78 is 8.91. The highest BCUT2D eigenvalue weighted by molar-refractivity contribution is 6.11. The van der Waals surface area contributed by atoms with Gasteiger partial charge >= 0.3 is 5.69 Å². The van der Waals surface area contributed by atoms with Gasteiger partial charge in [0.25, 0.3) is 17.0 Å².